The van der Waals surface area contributed by atoms with Gasteiger partial charge in [0.15, 0.2) is 0 Å². The molecule has 0 radical (unpaired) electrons. The molecule has 1 nitrogen and oxygen atoms in total. The SMILES string of the molecule is C=C1CC[C@@H](O)/C(C)=C\C[C@H]2[C@H]1CC2(C)C. The molecule has 0 heterocycles. The van der Waals surface area contributed by atoms with Gasteiger partial charge >= 0.3 is 0 Å². The Hall–Kier alpha value is -0.560. The molecule has 1 fully saturated rings. The first-order valence-corrected chi connectivity index (χ1v) is 6.44. The van der Waals surface area contributed by atoms with Crippen LogP contribution in [0.4, 0.5) is 0 Å². The maximum Gasteiger partial charge on any atom is 0.0750 e. The Balaban J connectivity index is 2.18. The van der Waals surface area contributed by atoms with Gasteiger partial charge in [0, 0.05) is 0 Å². The summed E-state index contributed by atoms with van der Waals surface area (Å²) in [5, 5.41) is 9.94. The molecule has 2 rings (SSSR count). The number of hydrogen-bond acceptors (Lipinski definition) is 1. The van der Waals surface area contributed by atoms with Gasteiger partial charge < -0.3 is 5.11 Å². The van der Waals surface area contributed by atoms with E-state index in [-0.39, 0.29) is 6.10 Å². The Morgan fingerprint density at radius 3 is 2.75 bits per heavy atom. The number of allylic oxidation sites excluding steroid dienone is 2. The van der Waals surface area contributed by atoms with Crippen molar-refractivity contribution in [2.24, 2.45) is 17.3 Å². The van der Waals surface area contributed by atoms with Crippen LogP contribution in [0.1, 0.15) is 46.5 Å². The molecular formula is C15H24O. The summed E-state index contributed by atoms with van der Waals surface area (Å²) in [5.74, 6) is 1.43. The summed E-state index contributed by atoms with van der Waals surface area (Å²) in [4.78, 5) is 0. The zero-order valence-electron chi connectivity index (χ0n) is 10.8. The van der Waals surface area contributed by atoms with Crippen molar-refractivity contribution in [2.75, 3.05) is 0 Å². The molecule has 0 aromatic carbocycles. The first-order chi connectivity index (χ1) is 7.42. The van der Waals surface area contributed by atoms with Gasteiger partial charge in [0.05, 0.1) is 6.10 Å². The second-order valence-corrected chi connectivity index (χ2v) is 6.30. The van der Waals surface area contributed by atoms with Gasteiger partial charge in [-0.1, -0.05) is 32.1 Å². The number of fused-ring (bicyclic) bond motifs is 1. The Kier molecular flexibility index (Phi) is 3.00. The lowest BCUT2D eigenvalue weighted by atomic mass is 9.52. The molecule has 0 bridgehead atoms. The average molecular weight is 220 g/mol. The van der Waals surface area contributed by atoms with E-state index < -0.39 is 0 Å². The summed E-state index contributed by atoms with van der Waals surface area (Å²) in [7, 11) is 0. The van der Waals surface area contributed by atoms with E-state index in [2.05, 4.69) is 33.4 Å². The average Bonchev–Trinajstić information content (AvgIpc) is 2.24. The molecule has 0 aromatic heterocycles. The largest absolute Gasteiger partial charge is 0.389 e. The maximum atomic E-state index is 9.94. The van der Waals surface area contributed by atoms with Crippen molar-refractivity contribution in [2.45, 2.75) is 52.6 Å². The highest BCUT2D eigenvalue weighted by molar-refractivity contribution is 5.18. The smallest absolute Gasteiger partial charge is 0.0750 e. The summed E-state index contributed by atoms with van der Waals surface area (Å²) >= 11 is 0. The fourth-order valence-electron chi connectivity index (χ4n) is 3.34. The molecule has 3 atom stereocenters. The van der Waals surface area contributed by atoms with E-state index in [0.717, 1.165) is 30.8 Å². The van der Waals surface area contributed by atoms with Crippen LogP contribution in [-0.2, 0) is 0 Å². The van der Waals surface area contributed by atoms with Gasteiger partial charge in [0.1, 0.15) is 0 Å². The summed E-state index contributed by atoms with van der Waals surface area (Å²) in [6, 6.07) is 0. The first-order valence-electron chi connectivity index (χ1n) is 6.44. The number of hydrogen-bond donors (Lipinski definition) is 1. The molecule has 16 heavy (non-hydrogen) atoms. The van der Waals surface area contributed by atoms with Crippen molar-refractivity contribution in [3.63, 3.8) is 0 Å². The van der Waals surface area contributed by atoms with Crippen LogP contribution in [0.25, 0.3) is 0 Å². The lowest BCUT2D eigenvalue weighted by Gasteiger charge is -2.52. The molecule has 0 amide bonds. The van der Waals surface area contributed by atoms with E-state index in [1.807, 2.05) is 0 Å². The Bertz CT molecular complexity index is 324. The summed E-state index contributed by atoms with van der Waals surface area (Å²) in [6.45, 7) is 11.0. The fraction of sp³-hybridized carbons (Fsp3) is 0.733. The number of aliphatic hydroxyl groups is 1. The zero-order valence-corrected chi connectivity index (χ0v) is 10.8. The molecule has 0 saturated heterocycles. The Morgan fingerprint density at radius 2 is 2.12 bits per heavy atom. The summed E-state index contributed by atoms with van der Waals surface area (Å²) in [6.07, 6.45) is 6.23. The minimum atomic E-state index is -0.252. The van der Waals surface area contributed by atoms with Crippen LogP contribution in [0.2, 0.25) is 0 Å². The molecule has 0 spiro atoms. The van der Waals surface area contributed by atoms with Gasteiger partial charge in [-0.2, -0.15) is 0 Å². The van der Waals surface area contributed by atoms with Gasteiger partial charge in [-0.15, -0.1) is 0 Å². The molecule has 1 N–H and O–H groups in total. The molecule has 0 unspecified atom stereocenters. The lowest BCUT2D eigenvalue weighted by molar-refractivity contribution is 0.0119. The molecule has 2 aliphatic rings. The van der Waals surface area contributed by atoms with Crippen molar-refractivity contribution in [3.8, 4) is 0 Å². The van der Waals surface area contributed by atoms with Crippen molar-refractivity contribution >= 4 is 0 Å². The van der Waals surface area contributed by atoms with Gasteiger partial charge in [0.2, 0.25) is 0 Å². The van der Waals surface area contributed by atoms with Crippen molar-refractivity contribution in [1.82, 2.24) is 0 Å². The van der Waals surface area contributed by atoms with Crippen LogP contribution in [0.5, 0.6) is 0 Å². The van der Waals surface area contributed by atoms with Gasteiger partial charge in [0.25, 0.3) is 0 Å². The highest BCUT2D eigenvalue weighted by Crippen LogP contribution is 2.56. The predicted octanol–water partition coefficient (Wildman–Crippen LogP) is 3.70. The molecule has 0 aliphatic heterocycles. The third kappa shape index (κ3) is 1.98. The zero-order chi connectivity index (χ0) is 11.9. The molecule has 2 aliphatic carbocycles. The van der Waals surface area contributed by atoms with E-state index in [4.69, 9.17) is 0 Å². The van der Waals surface area contributed by atoms with E-state index in [9.17, 15) is 5.11 Å². The van der Waals surface area contributed by atoms with Crippen LogP contribution in [0.3, 0.4) is 0 Å². The minimum Gasteiger partial charge on any atom is -0.389 e. The van der Waals surface area contributed by atoms with Gasteiger partial charge in [-0.3, -0.25) is 0 Å². The van der Waals surface area contributed by atoms with Crippen LogP contribution in [0, 0.1) is 17.3 Å². The third-order valence-corrected chi connectivity index (χ3v) is 4.72. The van der Waals surface area contributed by atoms with Crippen molar-refractivity contribution in [3.05, 3.63) is 23.8 Å². The highest BCUT2D eigenvalue weighted by Gasteiger charge is 2.47. The Labute approximate surface area is 99.3 Å². The van der Waals surface area contributed by atoms with Crippen LogP contribution in [-0.4, -0.2) is 11.2 Å². The monoisotopic (exact) mass is 220 g/mol. The third-order valence-electron chi connectivity index (χ3n) is 4.72. The molecular weight excluding hydrogens is 196 g/mol. The van der Waals surface area contributed by atoms with E-state index in [0.29, 0.717) is 11.3 Å². The molecule has 1 saturated carbocycles. The van der Waals surface area contributed by atoms with Crippen molar-refractivity contribution in [1.29, 1.82) is 0 Å². The number of rotatable bonds is 0. The normalized spacial score (nSPS) is 41.9. The van der Waals surface area contributed by atoms with Crippen LogP contribution >= 0.6 is 0 Å². The summed E-state index contributed by atoms with van der Waals surface area (Å²) in [5.41, 5.74) is 2.97. The molecule has 0 aromatic rings. The highest BCUT2D eigenvalue weighted by atomic mass is 16.3. The maximum absolute atomic E-state index is 9.94. The fourth-order valence-corrected chi connectivity index (χ4v) is 3.34. The van der Waals surface area contributed by atoms with Gasteiger partial charge in [-0.25, -0.2) is 0 Å². The first kappa shape index (κ1) is 11.9. The van der Waals surface area contributed by atoms with Crippen LogP contribution < -0.4 is 0 Å². The van der Waals surface area contributed by atoms with E-state index in [1.165, 1.54) is 12.0 Å². The quantitative estimate of drug-likeness (QED) is 0.617. The second kappa shape index (κ2) is 4.03. The second-order valence-electron chi connectivity index (χ2n) is 6.30. The van der Waals surface area contributed by atoms with Crippen LogP contribution in [0.15, 0.2) is 23.8 Å². The predicted molar refractivity (Wildman–Crippen MR) is 68.1 cm³/mol. The standard InChI is InChI=1S/C15H24O/c1-10-6-8-14(16)11(2)5-7-13-12(10)9-15(13,3)4/h5,12-14,16H,1,6-9H2,2-4H3/b11-5-/t12-,13-,14+/m0/s1. The van der Waals surface area contributed by atoms with E-state index >= 15 is 0 Å². The van der Waals surface area contributed by atoms with E-state index in [1.54, 1.807) is 0 Å². The van der Waals surface area contributed by atoms with Gasteiger partial charge in [-0.05, 0) is 55.4 Å². The minimum absolute atomic E-state index is 0.252. The summed E-state index contributed by atoms with van der Waals surface area (Å²) < 4.78 is 0. The molecule has 90 valence electrons. The number of aliphatic hydroxyl groups excluding tert-OH is 1. The molecule has 1 heteroatoms. The lowest BCUT2D eigenvalue weighted by Crippen LogP contribution is -2.44. The van der Waals surface area contributed by atoms with Crippen molar-refractivity contribution < 1.29 is 5.11 Å². The topological polar surface area (TPSA) is 20.2 Å². The Morgan fingerprint density at radius 1 is 1.44 bits per heavy atom.